The molecular weight excluding hydrogens is 558 g/mol. The van der Waals surface area contributed by atoms with E-state index in [1.54, 1.807) is 0 Å². The summed E-state index contributed by atoms with van der Waals surface area (Å²) in [5.74, 6) is 0. The first-order valence-corrected chi connectivity index (χ1v) is 15.8. The molecule has 0 aliphatic carbocycles. The van der Waals surface area contributed by atoms with Gasteiger partial charge in [0.15, 0.2) is 0 Å². The van der Waals surface area contributed by atoms with Crippen LogP contribution in [0.25, 0.3) is 93.2 Å². The number of aromatic nitrogens is 1. The highest BCUT2D eigenvalue weighted by atomic mass is 16.3. The van der Waals surface area contributed by atoms with Crippen LogP contribution in [0.1, 0.15) is 0 Å². The SMILES string of the molecule is c1ccc(-n2c3ccccc3c3cc(-c4ccc(-c5ccc6oc7cc8ccccc8cc7c6c5)c5ccccc45)ccc32)cc1. The highest BCUT2D eigenvalue weighted by Crippen LogP contribution is 2.41. The summed E-state index contributed by atoms with van der Waals surface area (Å²) in [7, 11) is 0. The molecule has 0 aliphatic heterocycles. The van der Waals surface area contributed by atoms with E-state index in [4.69, 9.17) is 4.42 Å². The number of fused-ring (bicyclic) bond motifs is 8. The number of hydrogen-bond donors (Lipinski definition) is 0. The van der Waals surface area contributed by atoms with Crippen molar-refractivity contribution in [2.24, 2.45) is 0 Å². The predicted molar refractivity (Wildman–Crippen MR) is 194 cm³/mol. The Kier molecular flexibility index (Phi) is 5.31. The summed E-state index contributed by atoms with van der Waals surface area (Å²) in [5, 5.41) is 9.72. The number of hydrogen-bond acceptors (Lipinski definition) is 1. The molecular formula is C44H27NO. The Morgan fingerprint density at radius 1 is 0.348 bits per heavy atom. The maximum Gasteiger partial charge on any atom is 0.136 e. The van der Waals surface area contributed by atoms with Crippen molar-refractivity contribution in [3.05, 3.63) is 164 Å². The van der Waals surface area contributed by atoms with Crippen LogP contribution in [-0.2, 0) is 0 Å². The quantitative estimate of drug-likeness (QED) is 0.202. The van der Waals surface area contributed by atoms with Crippen LogP contribution in [0, 0.1) is 0 Å². The van der Waals surface area contributed by atoms with Gasteiger partial charge in [0.05, 0.1) is 11.0 Å². The molecule has 2 nitrogen and oxygen atoms in total. The van der Waals surface area contributed by atoms with Gasteiger partial charge in [-0.3, -0.25) is 0 Å². The van der Waals surface area contributed by atoms with Crippen molar-refractivity contribution in [3.8, 4) is 27.9 Å². The van der Waals surface area contributed by atoms with Crippen LogP contribution in [0.3, 0.4) is 0 Å². The summed E-state index contributed by atoms with van der Waals surface area (Å²) in [5.41, 5.74) is 10.3. The van der Waals surface area contributed by atoms with E-state index in [1.165, 1.54) is 71.3 Å². The van der Waals surface area contributed by atoms with Gasteiger partial charge in [-0.2, -0.15) is 0 Å². The monoisotopic (exact) mass is 585 g/mol. The Morgan fingerprint density at radius 2 is 0.913 bits per heavy atom. The number of rotatable bonds is 3. The van der Waals surface area contributed by atoms with E-state index < -0.39 is 0 Å². The highest BCUT2D eigenvalue weighted by Gasteiger charge is 2.16. The first-order chi connectivity index (χ1) is 22.8. The van der Waals surface area contributed by atoms with Gasteiger partial charge in [-0.25, -0.2) is 0 Å². The molecule has 2 heteroatoms. The molecule has 0 spiro atoms. The minimum Gasteiger partial charge on any atom is -0.456 e. The Hall–Kier alpha value is -6.12. The zero-order chi connectivity index (χ0) is 30.2. The van der Waals surface area contributed by atoms with Crippen LogP contribution in [0.4, 0.5) is 0 Å². The van der Waals surface area contributed by atoms with Gasteiger partial charge < -0.3 is 8.98 Å². The van der Waals surface area contributed by atoms with Gasteiger partial charge in [0.1, 0.15) is 11.2 Å². The second-order valence-electron chi connectivity index (χ2n) is 12.1. The average Bonchev–Trinajstić information content (AvgIpc) is 3.64. The lowest BCUT2D eigenvalue weighted by Crippen LogP contribution is -1.93. The lowest BCUT2D eigenvalue weighted by atomic mass is 9.91. The third-order valence-electron chi connectivity index (χ3n) is 9.57. The smallest absolute Gasteiger partial charge is 0.136 e. The largest absolute Gasteiger partial charge is 0.456 e. The van der Waals surface area contributed by atoms with Crippen molar-refractivity contribution in [1.82, 2.24) is 4.57 Å². The van der Waals surface area contributed by atoms with Crippen molar-refractivity contribution >= 4 is 65.3 Å². The Balaban J connectivity index is 1.15. The number of nitrogens with zero attached hydrogens (tertiary/aromatic N) is 1. The van der Waals surface area contributed by atoms with Crippen LogP contribution < -0.4 is 0 Å². The Morgan fingerprint density at radius 3 is 1.67 bits per heavy atom. The standard InChI is InChI=1S/C44H27NO/c1-2-12-32(13-3-1)45-41-17-9-8-16-37(41)38-25-30(18-22-42(38)45)33-20-21-34(36-15-7-6-14-35(33)36)31-19-23-43-39(26-31)40-24-28-10-4-5-11-29(28)27-44(40)46-43/h1-27H. The van der Waals surface area contributed by atoms with Crippen LogP contribution in [0.5, 0.6) is 0 Å². The van der Waals surface area contributed by atoms with Crippen LogP contribution in [0.15, 0.2) is 168 Å². The van der Waals surface area contributed by atoms with Crippen molar-refractivity contribution < 1.29 is 4.42 Å². The Labute approximate surface area is 265 Å². The van der Waals surface area contributed by atoms with Gasteiger partial charge in [0.25, 0.3) is 0 Å². The zero-order valence-corrected chi connectivity index (χ0v) is 24.9. The summed E-state index contributed by atoms with van der Waals surface area (Å²) < 4.78 is 8.68. The molecule has 0 atom stereocenters. The fourth-order valence-corrected chi connectivity index (χ4v) is 7.43. The molecule has 46 heavy (non-hydrogen) atoms. The second-order valence-corrected chi connectivity index (χ2v) is 12.1. The minimum absolute atomic E-state index is 0.915. The topological polar surface area (TPSA) is 18.1 Å². The van der Waals surface area contributed by atoms with E-state index in [0.29, 0.717) is 0 Å². The normalized spacial score (nSPS) is 11.9. The second kappa shape index (κ2) is 9.69. The van der Waals surface area contributed by atoms with Crippen LogP contribution >= 0.6 is 0 Å². The van der Waals surface area contributed by atoms with Crippen molar-refractivity contribution in [2.75, 3.05) is 0 Å². The van der Waals surface area contributed by atoms with E-state index >= 15 is 0 Å². The predicted octanol–water partition coefficient (Wildman–Crippen LogP) is 12.3. The molecule has 0 bridgehead atoms. The lowest BCUT2D eigenvalue weighted by Gasteiger charge is -2.13. The molecule has 8 aromatic carbocycles. The van der Waals surface area contributed by atoms with Gasteiger partial charge in [0, 0.05) is 27.2 Å². The summed E-state index contributed by atoms with van der Waals surface area (Å²) in [4.78, 5) is 0. The van der Waals surface area contributed by atoms with Gasteiger partial charge in [-0.1, -0.05) is 109 Å². The van der Waals surface area contributed by atoms with Crippen molar-refractivity contribution in [1.29, 1.82) is 0 Å². The van der Waals surface area contributed by atoms with Crippen molar-refractivity contribution in [2.45, 2.75) is 0 Å². The average molecular weight is 586 g/mol. The van der Waals surface area contributed by atoms with Crippen molar-refractivity contribution in [3.63, 3.8) is 0 Å². The first kappa shape index (κ1) is 25.2. The van der Waals surface area contributed by atoms with Gasteiger partial charge in [-0.05, 0) is 98.4 Å². The molecule has 0 radical (unpaired) electrons. The zero-order valence-electron chi connectivity index (χ0n) is 24.9. The molecule has 0 saturated heterocycles. The third-order valence-corrected chi connectivity index (χ3v) is 9.57. The maximum atomic E-state index is 6.31. The third kappa shape index (κ3) is 3.71. The molecule has 2 aromatic heterocycles. The van der Waals surface area contributed by atoms with Gasteiger partial charge >= 0.3 is 0 Å². The summed E-state index contributed by atoms with van der Waals surface area (Å²) in [6.45, 7) is 0. The van der Waals surface area contributed by atoms with E-state index in [0.717, 1.165) is 21.9 Å². The molecule has 0 N–H and O–H groups in total. The molecule has 214 valence electrons. The van der Waals surface area contributed by atoms with Crippen LogP contribution in [-0.4, -0.2) is 4.57 Å². The van der Waals surface area contributed by atoms with E-state index in [1.807, 2.05) is 0 Å². The van der Waals surface area contributed by atoms with Gasteiger partial charge in [0.2, 0.25) is 0 Å². The first-order valence-electron chi connectivity index (χ1n) is 15.8. The summed E-state index contributed by atoms with van der Waals surface area (Å²) >= 11 is 0. The molecule has 0 saturated carbocycles. The van der Waals surface area contributed by atoms with E-state index in [2.05, 4.69) is 168 Å². The maximum absolute atomic E-state index is 6.31. The molecule has 0 unspecified atom stereocenters. The molecule has 0 fully saturated rings. The highest BCUT2D eigenvalue weighted by molar-refractivity contribution is 6.14. The molecule has 10 rings (SSSR count). The van der Waals surface area contributed by atoms with Crippen LogP contribution in [0.2, 0.25) is 0 Å². The summed E-state index contributed by atoms with van der Waals surface area (Å²) in [6.07, 6.45) is 0. The Bertz CT molecular complexity index is 2800. The molecule has 0 aliphatic rings. The lowest BCUT2D eigenvalue weighted by molar-refractivity contribution is 0.669. The molecule has 0 amide bonds. The number of benzene rings is 8. The van der Waals surface area contributed by atoms with E-state index in [9.17, 15) is 0 Å². The van der Waals surface area contributed by atoms with E-state index in [-0.39, 0.29) is 0 Å². The molecule has 2 heterocycles. The number of furan rings is 1. The molecule has 10 aromatic rings. The van der Waals surface area contributed by atoms with Gasteiger partial charge in [-0.15, -0.1) is 0 Å². The fraction of sp³-hybridized carbons (Fsp3) is 0. The minimum atomic E-state index is 0.915. The summed E-state index contributed by atoms with van der Waals surface area (Å²) in [6, 6.07) is 59.1. The fourth-order valence-electron chi connectivity index (χ4n) is 7.43. The number of para-hydroxylation sites is 2.